The molecule has 0 saturated carbocycles. The Morgan fingerprint density at radius 2 is 2.18 bits per heavy atom. The first-order valence-corrected chi connectivity index (χ1v) is 5.26. The summed E-state index contributed by atoms with van der Waals surface area (Å²) in [5.74, 6) is 1.05. The van der Waals surface area contributed by atoms with Gasteiger partial charge in [-0.1, -0.05) is 17.7 Å². The van der Waals surface area contributed by atoms with Gasteiger partial charge < -0.3 is 16.2 Å². The highest BCUT2D eigenvalue weighted by Gasteiger charge is 2.06. The zero-order valence-corrected chi connectivity index (χ0v) is 9.98. The number of methoxy groups -OCH3 is 1. The number of rotatable bonds is 3. The molecule has 0 aliphatic carbocycles. The Balaban J connectivity index is 2.24. The van der Waals surface area contributed by atoms with Gasteiger partial charge in [0.05, 0.1) is 18.7 Å². The van der Waals surface area contributed by atoms with Gasteiger partial charge >= 0.3 is 0 Å². The first-order valence-electron chi connectivity index (χ1n) is 4.88. The largest absolute Gasteiger partial charge is 0.495 e. The molecule has 7 heteroatoms. The summed E-state index contributed by atoms with van der Waals surface area (Å²) in [5.41, 5.74) is 12.0. The van der Waals surface area contributed by atoms with Crippen molar-refractivity contribution < 1.29 is 4.74 Å². The van der Waals surface area contributed by atoms with E-state index >= 15 is 0 Å². The van der Waals surface area contributed by atoms with Crippen molar-refractivity contribution in [3.63, 3.8) is 0 Å². The lowest BCUT2D eigenvalue weighted by Gasteiger charge is -2.06. The summed E-state index contributed by atoms with van der Waals surface area (Å²) in [6.07, 6.45) is 0. The van der Waals surface area contributed by atoms with Crippen molar-refractivity contribution in [1.82, 2.24) is 14.8 Å². The molecule has 90 valence electrons. The van der Waals surface area contributed by atoms with Crippen molar-refractivity contribution in [2.24, 2.45) is 0 Å². The van der Waals surface area contributed by atoms with Gasteiger partial charge in [0.2, 0.25) is 11.9 Å². The van der Waals surface area contributed by atoms with Crippen molar-refractivity contribution in [2.75, 3.05) is 18.6 Å². The molecule has 0 aliphatic heterocycles. The van der Waals surface area contributed by atoms with E-state index in [1.54, 1.807) is 19.2 Å². The summed E-state index contributed by atoms with van der Waals surface area (Å²) < 4.78 is 6.57. The first-order chi connectivity index (χ1) is 8.10. The van der Waals surface area contributed by atoms with E-state index in [1.165, 1.54) is 4.68 Å². The van der Waals surface area contributed by atoms with Gasteiger partial charge in [-0.05, 0) is 17.7 Å². The summed E-state index contributed by atoms with van der Waals surface area (Å²) >= 11 is 6.01. The van der Waals surface area contributed by atoms with Crippen LogP contribution in [0.25, 0.3) is 0 Å². The summed E-state index contributed by atoms with van der Waals surface area (Å²) in [6, 6.07) is 5.45. The van der Waals surface area contributed by atoms with Crippen LogP contribution < -0.4 is 16.2 Å². The lowest BCUT2D eigenvalue weighted by atomic mass is 10.2. The summed E-state index contributed by atoms with van der Waals surface area (Å²) in [7, 11) is 1.57. The predicted octanol–water partition coefficient (Wildman–Crippen LogP) is 1.15. The molecular weight excluding hydrogens is 242 g/mol. The third-order valence-corrected chi connectivity index (χ3v) is 2.56. The molecule has 2 rings (SSSR count). The minimum Gasteiger partial charge on any atom is -0.495 e. The number of hydrogen-bond acceptors (Lipinski definition) is 5. The molecule has 0 bridgehead atoms. The molecule has 4 N–H and O–H groups in total. The molecule has 0 unspecified atom stereocenters. The van der Waals surface area contributed by atoms with Crippen molar-refractivity contribution in [3.8, 4) is 5.75 Å². The quantitative estimate of drug-likeness (QED) is 0.856. The average Bonchev–Trinajstić information content (AvgIpc) is 2.58. The van der Waals surface area contributed by atoms with Gasteiger partial charge in [-0.25, -0.2) is 4.68 Å². The van der Waals surface area contributed by atoms with Crippen LogP contribution in [0.1, 0.15) is 5.56 Å². The number of benzene rings is 1. The zero-order chi connectivity index (χ0) is 12.4. The number of ether oxygens (including phenoxy) is 1. The minimum absolute atomic E-state index is 0.155. The lowest BCUT2D eigenvalue weighted by molar-refractivity contribution is 0.415. The molecule has 1 aromatic carbocycles. The Morgan fingerprint density at radius 1 is 1.41 bits per heavy atom. The van der Waals surface area contributed by atoms with Crippen molar-refractivity contribution in [3.05, 3.63) is 28.8 Å². The fraction of sp³-hybridized carbons (Fsp3) is 0.200. The topological polar surface area (TPSA) is 92.0 Å². The maximum atomic E-state index is 6.01. The van der Waals surface area contributed by atoms with Crippen molar-refractivity contribution in [1.29, 1.82) is 0 Å². The van der Waals surface area contributed by atoms with Gasteiger partial charge in [0.1, 0.15) is 5.75 Å². The standard InChI is InChI=1S/C10H12ClN5O/c1-17-8-3-2-6(4-7(8)11)5-16-10(13)14-9(12)15-16/h2-4H,5H2,1H3,(H4,12,13,14,15). The number of halogens is 1. The molecule has 1 aromatic heterocycles. The van der Waals surface area contributed by atoms with Crippen molar-refractivity contribution >= 4 is 23.5 Å². The molecule has 2 aromatic rings. The van der Waals surface area contributed by atoms with Crippen LogP contribution in [0.3, 0.4) is 0 Å². The molecule has 0 aliphatic rings. The Bertz CT molecular complexity index is 539. The number of nitrogen functional groups attached to an aromatic ring is 2. The Hall–Kier alpha value is -1.95. The minimum atomic E-state index is 0.155. The molecular formula is C10H12ClN5O. The average molecular weight is 254 g/mol. The summed E-state index contributed by atoms with van der Waals surface area (Å²) in [5, 5.41) is 4.50. The second-order valence-electron chi connectivity index (χ2n) is 3.45. The van der Waals surface area contributed by atoms with Gasteiger partial charge in [0, 0.05) is 0 Å². The van der Waals surface area contributed by atoms with Gasteiger partial charge in [-0.15, -0.1) is 5.10 Å². The SMILES string of the molecule is COc1ccc(Cn2nc(N)nc2N)cc1Cl. The normalized spacial score (nSPS) is 10.5. The lowest BCUT2D eigenvalue weighted by Crippen LogP contribution is -2.06. The second-order valence-corrected chi connectivity index (χ2v) is 3.86. The van der Waals surface area contributed by atoms with Gasteiger partial charge in [-0.2, -0.15) is 4.98 Å². The van der Waals surface area contributed by atoms with Crippen LogP contribution in [0.15, 0.2) is 18.2 Å². The van der Waals surface area contributed by atoms with Gasteiger partial charge in [0.15, 0.2) is 0 Å². The third-order valence-electron chi connectivity index (χ3n) is 2.27. The molecule has 17 heavy (non-hydrogen) atoms. The molecule has 0 saturated heterocycles. The van der Waals surface area contributed by atoms with Crippen molar-refractivity contribution in [2.45, 2.75) is 6.54 Å². The molecule has 0 radical (unpaired) electrons. The summed E-state index contributed by atoms with van der Waals surface area (Å²) in [6.45, 7) is 0.458. The highest BCUT2D eigenvalue weighted by molar-refractivity contribution is 6.32. The van der Waals surface area contributed by atoms with Gasteiger partial charge in [-0.3, -0.25) is 0 Å². The molecule has 0 spiro atoms. The number of aromatic nitrogens is 3. The Kier molecular flexibility index (Phi) is 3.06. The summed E-state index contributed by atoms with van der Waals surface area (Å²) in [4.78, 5) is 3.81. The fourth-order valence-corrected chi connectivity index (χ4v) is 1.75. The Labute approximate surface area is 103 Å². The number of nitrogens with two attached hydrogens (primary N) is 2. The molecule has 1 heterocycles. The van der Waals surface area contributed by atoms with Crippen LogP contribution >= 0.6 is 11.6 Å². The first kappa shape index (κ1) is 11.5. The van der Waals surface area contributed by atoms with E-state index in [1.807, 2.05) is 6.07 Å². The third kappa shape index (κ3) is 2.42. The van der Waals surface area contributed by atoms with Crippen LogP contribution in [-0.4, -0.2) is 21.9 Å². The van der Waals surface area contributed by atoms with Gasteiger partial charge in [0.25, 0.3) is 0 Å². The van der Waals surface area contributed by atoms with E-state index in [2.05, 4.69) is 10.1 Å². The van der Waals surface area contributed by atoms with E-state index in [0.29, 0.717) is 17.3 Å². The van der Waals surface area contributed by atoms with E-state index in [-0.39, 0.29) is 11.9 Å². The maximum Gasteiger partial charge on any atom is 0.241 e. The van der Waals surface area contributed by atoms with Crippen LogP contribution in [0.4, 0.5) is 11.9 Å². The van der Waals surface area contributed by atoms with Crippen LogP contribution in [0.5, 0.6) is 5.75 Å². The second kappa shape index (κ2) is 4.50. The maximum absolute atomic E-state index is 6.01. The molecule has 0 atom stereocenters. The van der Waals surface area contributed by atoms with Crippen LogP contribution in [-0.2, 0) is 6.54 Å². The number of anilines is 2. The number of hydrogen-bond donors (Lipinski definition) is 2. The zero-order valence-electron chi connectivity index (χ0n) is 9.22. The Morgan fingerprint density at radius 3 is 2.71 bits per heavy atom. The highest BCUT2D eigenvalue weighted by atomic mass is 35.5. The van der Waals surface area contributed by atoms with E-state index in [4.69, 9.17) is 27.8 Å². The number of nitrogens with zero attached hydrogens (tertiary/aromatic N) is 3. The fourth-order valence-electron chi connectivity index (χ4n) is 1.47. The van der Waals surface area contributed by atoms with Crippen LogP contribution in [0.2, 0.25) is 5.02 Å². The molecule has 6 nitrogen and oxygen atoms in total. The predicted molar refractivity (Wildman–Crippen MR) is 66.0 cm³/mol. The van der Waals surface area contributed by atoms with E-state index in [0.717, 1.165) is 5.56 Å². The van der Waals surface area contributed by atoms with E-state index < -0.39 is 0 Å². The molecule has 0 amide bonds. The smallest absolute Gasteiger partial charge is 0.241 e. The molecule has 0 fully saturated rings. The van der Waals surface area contributed by atoms with Crippen LogP contribution in [0, 0.1) is 0 Å². The monoisotopic (exact) mass is 253 g/mol. The highest BCUT2D eigenvalue weighted by Crippen LogP contribution is 2.25. The van der Waals surface area contributed by atoms with E-state index in [9.17, 15) is 0 Å².